The molecule has 0 aliphatic heterocycles. The molecule has 0 heterocycles. The lowest BCUT2D eigenvalue weighted by Gasteiger charge is -2.17. The fraction of sp³-hybridized carbons (Fsp3) is 0.727. The van der Waals surface area contributed by atoms with Crippen molar-refractivity contribution in [3.8, 4) is 0 Å². The number of hydrogen-bond acceptors (Lipinski definition) is 2. The number of hydrogen-bond donors (Lipinski definition) is 0. The molecule has 13 heavy (non-hydrogen) atoms. The first kappa shape index (κ1) is 12.4. The van der Waals surface area contributed by atoms with Gasteiger partial charge < -0.3 is 4.90 Å². The van der Waals surface area contributed by atoms with Gasteiger partial charge in [0.1, 0.15) is 0 Å². The second kappa shape index (κ2) is 4.56. The average molecular weight is 183 g/mol. The van der Waals surface area contributed by atoms with Gasteiger partial charge in [0, 0.05) is 12.0 Å². The molecule has 0 unspecified atom stereocenters. The number of carbonyl (C=O) groups is 1. The Balaban J connectivity index is 4.35. The van der Waals surface area contributed by atoms with Crippen LogP contribution < -0.4 is 0 Å². The first-order chi connectivity index (χ1) is 5.75. The Bertz CT molecular complexity index is 209. The van der Waals surface area contributed by atoms with Gasteiger partial charge >= 0.3 is 0 Å². The summed E-state index contributed by atoms with van der Waals surface area (Å²) in [4.78, 5) is 13.7. The van der Waals surface area contributed by atoms with E-state index in [0.29, 0.717) is 0 Å². The molecule has 0 saturated heterocycles. The van der Waals surface area contributed by atoms with Crippen LogP contribution in [0.15, 0.2) is 11.6 Å². The van der Waals surface area contributed by atoms with E-state index in [2.05, 4.69) is 0 Å². The molecule has 0 aliphatic carbocycles. The molecule has 0 amide bonds. The Morgan fingerprint density at radius 2 is 1.77 bits per heavy atom. The first-order valence-electron chi connectivity index (χ1n) is 4.61. The fourth-order valence-corrected chi connectivity index (χ4v) is 1.00. The van der Waals surface area contributed by atoms with Crippen molar-refractivity contribution in [1.29, 1.82) is 0 Å². The molecule has 2 heteroatoms. The van der Waals surface area contributed by atoms with Crippen LogP contribution in [-0.2, 0) is 4.79 Å². The number of ketones is 1. The van der Waals surface area contributed by atoms with E-state index < -0.39 is 0 Å². The van der Waals surface area contributed by atoms with Gasteiger partial charge in [-0.15, -0.1) is 0 Å². The molecule has 0 aromatic rings. The molecule has 0 saturated carbocycles. The highest BCUT2D eigenvalue weighted by atomic mass is 16.1. The lowest BCUT2D eigenvalue weighted by atomic mass is 9.87. The molecule has 0 rings (SSSR count). The summed E-state index contributed by atoms with van der Waals surface area (Å²) in [5.41, 5.74) is 0.605. The van der Waals surface area contributed by atoms with Crippen molar-refractivity contribution in [3.05, 3.63) is 11.6 Å². The lowest BCUT2D eigenvalue weighted by molar-refractivity contribution is -0.122. The number of carbonyl (C=O) groups excluding carboxylic acids is 1. The van der Waals surface area contributed by atoms with E-state index in [4.69, 9.17) is 0 Å². The van der Waals surface area contributed by atoms with Gasteiger partial charge in [-0.25, -0.2) is 0 Å². The first-order valence-corrected chi connectivity index (χ1v) is 4.61. The predicted molar refractivity (Wildman–Crippen MR) is 56.8 cm³/mol. The minimum Gasteiger partial charge on any atom is -0.306 e. The van der Waals surface area contributed by atoms with Crippen molar-refractivity contribution < 1.29 is 4.79 Å². The summed E-state index contributed by atoms with van der Waals surface area (Å²) in [5.74, 6) is 0.231. The zero-order chi connectivity index (χ0) is 10.6. The number of allylic oxidation sites excluding steroid dienone is 1. The molecule has 0 N–H and O–H groups in total. The van der Waals surface area contributed by atoms with Crippen LogP contribution in [-0.4, -0.2) is 31.3 Å². The molecule has 0 aromatic carbocycles. The van der Waals surface area contributed by atoms with Crippen molar-refractivity contribution in [2.24, 2.45) is 5.41 Å². The Kier molecular flexibility index (Phi) is 4.34. The monoisotopic (exact) mass is 183 g/mol. The van der Waals surface area contributed by atoms with Gasteiger partial charge in [0.2, 0.25) is 0 Å². The third kappa shape index (κ3) is 4.83. The minimum atomic E-state index is -0.257. The molecule has 0 aliphatic rings. The van der Waals surface area contributed by atoms with Crippen LogP contribution in [0.4, 0.5) is 0 Å². The number of nitrogens with zero attached hydrogens (tertiary/aromatic N) is 1. The summed E-state index contributed by atoms with van der Waals surface area (Å²) in [7, 11) is 3.98. The summed E-state index contributed by atoms with van der Waals surface area (Å²) >= 11 is 0. The van der Waals surface area contributed by atoms with E-state index in [9.17, 15) is 4.79 Å². The van der Waals surface area contributed by atoms with Crippen molar-refractivity contribution in [2.75, 3.05) is 20.6 Å². The minimum absolute atomic E-state index is 0.231. The maximum atomic E-state index is 11.7. The SMILES string of the molecule is C/C(=C\CN(C)C)C(=O)C(C)(C)C. The van der Waals surface area contributed by atoms with Crippen molar-refractivity contribution in [2.45, 2.75) is 27.7 Å². The van der Waals surface area contributed by atoms with Gasteiger partial charge in [0.05, 0.1) is 0 Å². The van der Waals surface area contributed by atoms with Gasteiger partial charge in [0.15, 0.2) is 5.78 Å². The molecule has 0 radical (unpaired) electrons. The van der Waals surface area contributed by atoms with Gasteiger partial charge in [-0.2, -0.15) is 0 Å². The van der Waals surface area contributed by atoms with Gasteiger partial charge in [0.25, 0.3) is 0 Å². The normalized spacial score (nSPS) is 13.6. The highest BCUT2D eigenvalue weighted by Gasteiger charge is 2.21. The predicted octanol–water partition coefficient (Wildman–Crippen LogP) is 2.11. The van der Waals surface area contributed by atoms with Crippen molar-refractivity contribution >= 4 is 5.78 Å². The maximum Gasteiger partial charge on any atom is 0.163 e. The van der Waals surface area contributed by atoms with Crippen LogP contribution in [0, 0.1) is 5.41 Å². The van der Waals surface area contributed by atoms with E-state index in [1.165, 1.54) is 0 Å². The molecule has 0 atom stereocenters. The van der Waals surface area contributed by atoms with E-state index in [1.54, 1.807) is 0 Å². The zero-order valence-corrected chi connectivity index (χ0v) is 9.64. The fourth-order valence-electron chi connectivity index (χ4n) is 1.00. The van der Waals surface area contributed by atoms with E-state index in [1.807, 2.05) is 52.8 Å². The van der Waals surface area contributed by atoms with Crippen LogP contribution in [0.25, 0.3) is 0 Å². The zero-order valence-electron chi connectivity index (χ0n) is 9.64. The van der Waals surface area contributed by atoms with E-state index >= 15 is 0 Å². The molecule has 0 fully saturated rings. The summed E-state index contributed by atoms with van der Waals surface area (Å²) in [6.45, 7) is 8.55. The molecule has 0 spiro atoms. The third-order valence-electron chi connectivity index (χ3n) is 1.80. The molecule has 76 valence electrons. The van der Waals surface area contributed by atoms with Crippen molar-refractivity contribution in [1.82, 2.24) is 4.90 Å². The van der Waals surface area contributed by atoms with E-state index in [-0.39, 0.29) is 11.2 Å². The Morgan fingerprint density at radius 1 is 1.31 bits per heavy atom. The molecule has 0 bridgehead atoms. The Labute approximate surface area is 81.6 Å². The molecular weight excluding hydrogens is 162 g/mol. The van der Waals surface area contributed by atoms with Gasteiger partial charge in [-0.05, 0) is 26.6 Å². The Morgan fingerprint density at radius 3 is 2.08 bits per heavy atom. The lowest BCUT2D eigenvalue weighted by Crippen LogP contribution is -2.22. The number of Topliss-reactive ketones (excluding diaryl/α,β-unsaturated/α-hetero) is 1. The molecular formula is C11H21NO. The number of likely N-dealkylation sites (N-methyl/N-ethyl adjacent to an activating group) is 1. The van der Waals surface area contributed by atoms with Gasteiger partial charge in [-0.3, -0.25) is 4.79 Å². The quantitative estimate of drug-likeness (QED) is 0.625. The summed E-state index contributed by atoms with van der Waals surface area (Å²) < 4.78 is 0. The topological polar surface area (TPSA) is 20.3 Å². The largest absolute Gasteiger partial charge is 0.306 e. The second-order valence-electron chi connectivity index (χ2n) is 4.73. The van der Waals surface area contributed by atoms with Crippen molar-refractivity contribution in [3.63, 3.8) is 0 Å². The van der Waals surface area contributed by atoms with Crippen LogP contribution in [0.3, 0.4) is 0 Å². The summed E-state index contributed by atoms with van der Waals surface area (Å²) in [6, 6.07) is 0. The maximum absolute atomic E-state index is 11.7. The average Bonchev–Trinajstić information content (AvgIpc) is 1.96. The standard InChI is InChI=1S/C11H21NO/c1-9(7-8-12(5)6)10(13)11(2,3)4/h7H,8H2,1-6H3/b9-7+. The second-order valence-corrected chi connectivity index (χ2v) is 4.73. The summed E-state index contributed by atoms with van der Waals surface area (Å²) in [5, 5.41) is 0. The van der Waals surface area contributed by atoms with Gasteiger partial charge in [-0.1, -0.05) is 26.8 Å². The molecule has 2 nitrogen and oxygen atoms in total. The van der Waals surface area contributed by atoms with E-state index in [0.717, 1.165) is 12.1 Å². The highest BCUT2D eigenvalue weighted by Crippen LogP contribution is 2.19. The van der Waals surface area contributed by atoms with Crippen LogP contribution in [0.1, 0.15) is 27.7 Å². The van der Waals surface area contributed by atoms with Crippen LogP contribution in [0.2, 0.25) is 0 Å². The Hall–Kier alpha value is -0.630. The molecule has 0 aromatic heterocycles. The summed E-state index contributed by atoms with van der Waals surface area (Å²) in [6.07, 6.45) is 1.98. The van der Waals surface area contributed by atoms with Crippen LogP contribution in [0.5, 0.6) is 0 Å². The number of rotatable bonds is 3. The smallest absolute Gasteiger partial charge is 0.163 e. The van der Waals surface area contributed by atoms with Crippen LogP contribution >= 0.6 is 0 Å². The third-order valence-corrected chi connectivity index (χ3v) is 1.80. The highest BCUT2D eigenvalue weighted by molar-refractivity contribution is 5.98.